The molecule has 5 nitrogen and oxygen atoms in total. The monoisotopic (exact) mass is 394 g/mol. The fourth-order valence-corrected chi connectivity index (χ4v) is 2.25. The van der Waals surface area contributed by atoms with E-state index in [1.54, 1.807) is 13.0 Å². The molecule has 0 saturated heterocycles. The highest BCUT2D eigenvalue weighted by atomic mass is 79.9. The van der Waals surface area contributed by atoms with Crippen molar-refractivity contribution in [3.63, 3.8) is 0 Å². The molecule has 0 fully saturated rings. The quantitative estimate of drug-likeness (QED) is 0.630. The van der Waals surface area contributed by atoms with E-state index < -0.39 is 11.6 Å². The van der Waals surface area contributed by atoms with Gasteiger partial charge in [-0.2, -0.15) is 0 Å². The minimum absolute atomic E-state index is 0. The molecule has 22 heavy (non-hydrogen) atoms. The van der Waals surface area contributed by atoms with Crippen LogP contribution < -0.4 is 15.8 Å². The number of aliphatic hydroxyl groups is 1. The van der Waals surface area contributed by atoms with Gasteiger partial charge in [0.25, 0.3) is 0 Å². The van der Waals surface area contributed by atoms with Crippen molar-refractivity contribution < 1.29 is 14.6 Å². The van der Waals surface area contributed by atoms with Crippen molar-refractivity contribution in [1.82, 2.24) is 5.32 Å². The van der Waals surface area contributed by atoms with Crippen LogP contribution in [-0.2, 0) is 4.79 Å². The highest BCUT2D eigenvalue weighted by molar-refractivity contribution is 9.10. The number of carbonyl (C=O) groups excluding carboxylic acids is 1. The number of para-hydroxylation sites is 1. The lowest BCUT2D eigenvalue weighted by Crippen LogP contribution is -2.53. The molecule has 0 bridgehead atoms. The molecule has 1 aromatic rings. The summed E-state index contributed by atoms with van der Waals surface area (Å²) < 4.78 is 6.30. The van der Waals surface area contributed by atoms with E-state index in [1.807, 2.05) is 25.1 Å². The Balaban J connectivity index is 0.00000441. The molecular formula is C15H24BrClN2O3. The zero-order valence-electron chi connectivity index (χ0n) is 12.8. The molecule has 1 aromatic carbocycles. The third-order valence-electron chi connectivity index (χ3n) is 3.05. The van der Waals surface area contributed by atoms with Crippen LogP contribution in [0.1, 0.15) is 26.7 Å². The highest BCUT2D eigenvalue weighted by Crippen LogP contribution is 2.23. The maximum absolute atomic E-state index is 11.9. The largest absolute Gasteiger partial charge is 0.490 e. The molecule has 1 rings (SSSR count). The summed E-state index contributed by atoms with van der Waals surface area (Å²) in [5.41, 5.74) is 5.01. The van der Waals surface area contributed by atoms with Crippen LogP contribution >= 0.6 is 28.3 Å². The van der Waals surface area contributed by atoms with E-state index in [0.29, 0.717) is 12.2 Å². The zero-order chi connectivity index (χ0) is 15.9. The zero-order valence-corrected chi connectivity index (χ0v) is 15.2. The van der Waals surface area contributed by atoms with Gasteiger partial charge in [-0.1, -0.05) is 25.5 Å². The van der Waals surface area contributed by atoms with Gasteiger partial charge in [0.1, 0.15) is 18.5 Å². The molecule has 7 heteroatoms. The van der Waals surface area contributed by atoms with Gasteiger partial charge in [-0.25, -0.2) is 0 Å². The van der Waals surface area contributed by atoms with E-state index in [9.17, 15) is 9.90 Å². The van der Waals surface area contributed by atoms with Crippen molar-refractivity contribution in [3.05, 3.63) is 28.7 Å². The first kappa shape index (κ1) is 21.2. The number of nitrogens with two attached hydrogens (primary N) is 1. The fraction of sp³-hybridized carbons (Fsp3) is 0.533. The Hall–Kier alpha value is -0.820. The Morgan fingerprint density at radius 3 is 2.73 bits per heavy atom. The predicted octanol–water partition coefficient (Wildman–Crippen LogP) is 2.24. The van der Waals surface area contributed by atoms with Gasteiger partial charge in [0.15, 0.2) is 0 Å². The maximum Gasteiger partial charge on any atom is 0.239 e. The van der Waals surface area contributed by atoms with E-state index in [1.165, 1.54) is 0 Å². The average Bonchev–Trinajstić information content (AvgIpc) is 2.43. The summed E-state index contributed by atoms with van der Waals surface area (Å²) in [6.45, 7) is 3.87. The molecular weight excluding hydrogens is 372 g/mol. The van der Waals surface area contributed by atoms with Crippen LogP contribution in [-0.4, -0.2) is 35.8 Å². The standard InChI is InChI=1S/C15H23BrN2O3.ClH/c1-3-8-15(2,17)14(20)18-9-11(19)10-21-13-7-5-4-6-12(13)16;/h4-7,11,19H,3,8-10,17H2,1-2H3,(H,18,20);1H. The summed E-state index contributed by atoms with van der Waals surface area (Å²) in [7, 11) is 0. The van der Waals surface area contributed by atoms with E-state index in [-0.39, 0.29) is 31.5 Å². The number of benzene rings is 1. The SMILES string of the molecule is CCCC(C)(N)C(=O)NCC(O)COc1ccccc1Br.Cl. The second-order valence-electron chi connectivity index (χ2n) is 5.27. The highest BCUT2D eigenvalue weighted by Gasteiger charge is 2.27. The fourth-order valence-electron chi connectivity index (χ4n) is 1.85. The summed E-state index contributed by atoms with van der Waals surface area (Å²) in [5.74, 6) is 0.391. The van der Waals surface area contributed by atoms with Crippen LogP contribution in [0.25, 0.3) is 0 Å². The molecule has 2 unspecified atom stereocenters. The van der Waals surface area contributed by atoms with Crippen LogP contribution in [0.2, 0.25) is 0 Å². The number of carbonyl (C=O) groups is 1. The Labute approximate surface area is 146 Å². The molecule has 0 aliphatic heterocycles. The van der Waals surface area contributed by atoms with Crippen molar-refractivity contribution in [1.29, 1.82) is 0 Å². The summed E-state index contributed by atoms with van der Waals surface area (Å²) in [5, 5.41) is 12.5. The number of halogens is 2. The smallest absolute Gasteiger partial charge is 0.239 e. The molecule has 4 N–H and O–H groups in total. The van der Waals surface area contributed by atoms with Crippen molar-refractivity contribution in [2.45, 2.75) is 38.3 Å². The van der Waals surface area contributed by atoms with Gasteiger partial charge < -0.3 is 20.9 Å². The molecule has 0 spiro atoms. The first-order valence-corrected chi connectivity index (χ1v) is 7.78. The molecule has 126 valence electrons. The number of nitrogens with one attached hydrogen (secondary N) is 1. The van der Waals surface area contributed by atoms with Crippen LogP contribution in [0.3, 0.4) is 0 Å². The molecule has 0 aliphatic rings. The van der Waals surface area contributed by atoms with Gasteiger partial charge in [-0.3, -0.25) is 4.79 Å². The molecule has 0 saturated carbocycles. The number of rotatable bonds is 8. The van der Waals surface area contributed by atoms with E-state index >= 15 is 0 Å². The predicted molar refractivity (Wildman–Crippen MR) is 93.4 cm³/mol. The van der Waals surface area contributed by atoms with Crippen LogP contribution in [0.4, 0.5) is 0 Å². The Morgan fingerprint density at radius 2 is 2.14 bits per heavy atom. The normalized spacial score (nSPS) is 14.4. The maximum atomic E-state index is 11.9. The van der Waals surface area contributed by atoms with Crippen molar-refractivity contribution in [3.8, 4) is 5.75 Å². The van der Waals surface area contributed by atoms with Gasteiger partial charge in [-0.05, 0) is 41.4 Å². The van der Waals surface area contributed by atoms with Crippen LogP contribution in [0.15, 0.2) is 28.7 Å². The van der Waals surface area contributed by atoms with Crippen molar-refractivity contribution >= 4 is 34.2 Å². The van der Waals surface area contributed by atoms with E-state index in [0.717, 1.165) is 10.9 Å². The number of hydrogen-bond acceptors (Lipinski definition) is 4. The van der Waals surface area contributed by atoms with Crippen molar-refractivity contribution in [2.75, 3.05) is 13.2 Å². The Morgan fingerprint density at radius 1 is 1.50 bits per heavy atom. The van der Waals surface area contributed by atoms with Gasteiger partial charge in [0, 0.05) is 6.54 Å². The van der Waals surface area contributed by atoms with E-state index in [2.05, 4.69) is 21.2 Å². The molecule has 0 aromatic heterocycles. The molecule has 0 heterocycles. The summed E-state index contributed by atoms with van der Waals surface area (Å²) >= 11 is 3.36. The first-order chi connectivity index (χ1) is 9.86. The lowest BCUT2D eigenvalue weighted by Gasteiger charge is -2.23. The van der Waals surface area contributed by atoms with Gasteiger partial charge in [0.2, 0.25) is 5.91 Å². The summed E-state index contributed by atoms with van der Waals surface area (Å²) in [4.78, 5) is 11.9. The third-order valence-corrected chi connectivity index (χ3v) is 3.71. The average molecular weight is 396 g/mol. The molecule has 0 radical (unpaired) electrons. The number of hydrogen-bond donors (Lipinski definition) is 3. The summed E-state index contributed by atoms with van der Waals surface area (Å²) in [6, 6.07) is 7.38. The van der Waals surface area contributed by atoms with E-state index in [4.69, 9.17) is 10.5 Å². The lowest BCUT2D eigenvalue weighted by atomic mass is 9.96. The third kappa shape index (κ3) is 6.96. The second kappa shape index (κ2) is 10.0. The number of aliphatic hydroxyl groups excluding tert-OH is 1. The molecule has 2 atom stereocenters. The minimum Gasteiger partial charge on any atom is -0.490 e. The van der Waals surface area contributed by atoms with Gasteiger partial charge in [0.05, 0.1) is 10.0 Å². The van der Waals surface area contributed by atoms with Crippen LogP contribution in [0.5, 0.6) is 5.75 Å². The second-order valence-corrected chi connectivity index (χ2v) is 6.13. The Bertz CT molecular complexity index is 472. The first-order valence-electron chi connectivity index (χ1n) is 6.99. The summed E-state index contributed by atoms with van der Waals surface area (Å²) in [6.07, 6.45) is 0.634. The topological polar surface area (TPSA) is 84.6 Å². The van der Waals surface area contributed by atoms with Crippen molar-refractivity contribution in [2.24, 2.45) is 5.73 Å². The van der Waals surface area contributed by atoms with Gasteiger partial charge in [-0.15, -0.1) is 12.4 Å². The van der Waals surface area contributed by atoms with Gasteiger partial charge >= 0.3 is 0 Å². The molecule has 1 amide bonds. The number of amides is 1. The van der Waals surface area contributed by atoms with Crippen LogP contribution in [0, 0.1) is 0 Å². The Kier molecular flexibility index (Phi) is 9.67. The lowest BCUT2D eigenvalue weighted by molar-refractivity contribution is -0.126. The molecule has 0 aliphatic carbocycles. The minimum atomic E-state index is -0.905. The number of ether oxygens (including phenoxy) is 1.